The lowest BCUT2D eigenvalue weighted by Crippen LogP contribution is -2.18. The maximum atomic E-state index is 12.6. The van der Waals surface area contributed by atoms with Crippen LogP contribution in [0.5, 0.6) is 11.5 Å². The van der Waals surface area contributed by atoms with Gasteiger partial charge in [0.15, 0.2) is 21.3 Å². The summed E-state index contributed by atoms with van der Waals surface area (Å²) in [5.74, 6) is 0.284. The first-order chi connectivity index (χ1) is 14.4. The number of sulfone groups is 1. The van der Waals surface area contributed by atoms with Crippen molar-refractivity contribution in [3.05, 3.63) is 42.5 Å². The van der Waals surface area contributed by atoms with Crippen LogP contribution in [0.15, 0.2) is 47.4 Å². The molecule has 2 aromatic carbocycles. The van der Waals surface area contributed by atoms with Crippen molar-refractivity contribution < 1.29 is 27.5 Å². The van der Waals surface area contributed by atoms with Gasteiger partial charge in [-0.2, -0.15) is 0 Å². The van der Waals surface area contributed by atoms with Crippen LogP contribution in [0.2, 0.25) is 0 Å². The van der Waals surface area contributed by atoms with Crippen LogP contribution in [0.3, 0.4) is 0 Å². The average molecular weight is 430 g/mol. The van der Waals surface area contributed by atoms with E-state index in [0.717, 1.165) is 12.8 Å². The molecular weight excluding hydrogens is 408 g/mol. The number of benzene rings is 2. The first-order valence-electron chi connectivity index (χ1n) is 9.74. The zero-order valence-corrected chi connectivity index (χ0v) is 17.0. The van der Waals surface area contributed by atoms with Gasteiger partial charge in [-0.3, -0.25) is 9.59 Å². The van der Waals surface area contributed by atoms with Crippen molar-refractivity contribution in [2.75, 3.05) is 29.6 Å². The summed E-state index contributed by atoms with van der Waals surface area (Å²) in [4.78, 5) is 24.0. The van der Waals surface area contributed by atoms with E-state index < -0.39 is 15.7 Å². The molecule has 9 heteroatoms. The summed E-state index contributed by atoms with van der Waals surface area (Å²) in [5.41, 5.74) is 1.19. The topological polar surface area (TPSA) is 111 Å². The second kappa shape index (κ2) is 8.35. The summed E-state index contributed by atoms with van der Waals surface area (Å²) in [5, 5.41) is 5.49. The molecule has 0 atom stereocenters. The van der Waals surface area contributed by atoms with Gasteiger partial charge in [0.2, 0.25) is 11.8 Å². The molecule has 1 aliphatic carbocycles. The van der Waals surface area contributed by atoms with Gasteiger partial charge in [0, 0.05) is 29.8 Å². The highest BCUT2D eigenvalue weighted by atomic mass is 32.2. The largest absolute Gasteiger partial charge is 0.486 e. The minimum absolute atomic E-state index is 0.0103. The third-order valence-electron chi connectivity index (χ3n) is 4.85. The molecule has 1 saturated carbocycles. The fourth-order valence-electron chi connectivity index (χ4n) is 3.01. The van der Waals surface area contributed by atoms with E-state index in [1.54, 1.807) is 30.3 Å². The van der Waals surface area contributed by atoms with E-state index in [-0.39, 0.29) is 28.9 Å². The fourth-order valence-corrected chi connectivity index (χ4v) is 4.26. The number of hydrogen-bond acceptors (Lipinski definition) is 6. The number of amides is 2. The van der Waals surface area contributed by atoms with Crippen LogP contribution in [0.25, 0.3) is 0 Å². The Bertz CT molecular complexity index is 1060. The van der Waals surface area contributed by atoms with Gasteiger partial charge in [0.25, 0.3) is 0 Å². The van der Waals surface area contributed by atoms with Gasteiger partial charge >= 0.3 is 0 Å². The van der Waals surface area contributed by atoms with Crippen molar-refractivity contribution in [3.8, 4) is 11.5 Å². The second-order valence-corrected chi connectivity index (χ2v) is 9.37. The van der Waals surface area contributed by atoms with Gasteiger partial charge in [-0.1, -0.05) is 0 Å². The maximum Gasteiger partial charge on any atom is 0.227 e. The molecule has 0 saturated heterocycles. The van der Waals surface area contributed by atoms with E-state index in [0.29, 0.717) is 36.1 Å². The highest BCUT2D eigenvalue weighted by molar-refractivity contribution is 7.91. The van der Waals surface area contributed by atoms with E-state index in [1.165, 1.54) is 12.1 Å². The third kappa shape index (κ3) is 4.91. The first kappa shape index (κ1) is 20.2. The summed E-state index contributed by atoms with van der Waals surface area (Å²) >= 11 is 0. The molecule has 0 aromatic heterocycles. The predicted octanol–water partition coefficient (Wildman–Crippen LogP) is 2.61. The Morgan fingerprint density at radius 2 is 1.53 bits per heavy atom. The Morgan fingerprint density at radius 1 is 0.900 bits per heavy atom. The molecule has 0 bridgehead atoms. The highest BCUT2D eigenvalue weighted by Gasteiger charge is 2.29. The lowest BCUT2D eigenvalue weighted by Gasteiger charge is -2.18. The van der Waals surface area contributed by atoms with Crippen LogP contribution in [-0.4, -0.2) is 39.2 Å². The van der Waals surface area contributed by atoms with Crippen molar-refractivity contribution in [3.63, 3.8) is 0 Å². The standard InChI is InChI=1S/C21H22N2O6S/c24-20(22-15-3-5-16(6-4-15)23-21(25)14-1-2-14)9-12-30(26,27)17-7-8-18-19(13-17)29-11-10-28-18/h3-8,13-14H,1-2,9-12H2,(H,22,24)(H,23,25). The number of hydrogen-bond donors (Lipinski definition) is 2. The molecule has 2 aromatic rings. The highest BCUT2D eigenvalue weighted by Crippen LogP contribution is 2.33. The maximum absolute atomic E-state index is 12.6. The Labute approximate surface area is 174 Å². The zero-order valence-electron chi connectivity index (χ0n) is 16.2. The molecule has 1 fully saturated rings. The molecule has 1 heterocycles. The van der Waals surface area contributed by atoms with E-state index in [2.05, 4.69) is 10.6 Å². The number of carbonyl (C=O) groups is 2. The number of anilines is 2. The smallest absolute Gasteiger partial charge is 0.227 e. The molecule has 2 N–H and O–H groups in total. The molecule has 1 aliphatic heterocycles. The van der Waals surface area contributed by atoms with Gasteiger partial charge in [0.05, 0.1) is 10.6 Å². The Balaban J connectivity index is 1.31. The number of fused-ring (bicyclic) bond motifs is 1. The SMILES string of the molecule is O=C(CCS(=O)(=O)c1ccc2c(c1)OCCO2)Nc1ccc(NC(=O)C2CC2)cc1. The molecule has 2 amide bonds. The average Bonchev–Trinajstić information content (AvgIpc) is 3.59. The fraction of sp³-hybridized carbons (Fsp3) is 0.333. The van der Waals surface area contributed by atoms with Gasteiger partial charge in [-0.25, -0.2) is 8.42 Å². The van der Waals surface area contributed by atoms with Crippen molar-refractivity contribution in [1.29, 1.82) is 0 Å². The molecule has 2 aliphatic rings. The Hall–Kier alpha value is -3.07. The van der Waals surface area contributed by atoms with Gasteiger partial charge in [-0.15, -0.1) is 0 Å². The number of nitrogens with one attached hydrogen (secondary N) is 2. The Kier molecular flexibility index (Phi) is 5.63. The van der Waals surface area contributed by atoms with Gasteiger partial charge in [0.1, 0.15) is 13.2 Å². The summed E-state index contributed by atoms with van der Waals surface area (Å²) in [6.45, 7) is 0.787. The van der Waals surface area contributed by atoms with E-state index in [4.69, 9.17) is 9.47 Å². The molecule has 8 nitrogen and oxygen atoms in total. The van der Waals surface area contributed by atoms with Crippen LogP contribution in [0.4, 0.5) is 11.4 Å². The molecule has 4 rings (SSSR count). The molecule has 30 heavy (non-hydrogen) atoms. The van der Waals surface area contributed by atoms with Crippen LogP contribution in [0.1, 0.15) is 19.3 Å². The summed E-state index contributed by atoms with van der Waals surface area (Å²) in [6.07, 6.45) is 1.67. The van der Waals surface area contributed by atoms with Crippen LogP contribution >= 0.6 is 0 Å². The van der Waals surface area contributed by atoms with Crippen molar-refractivity contribution in [1.82, 2.24) is 0 Å². The molecule has 0 unspecified atom stereocenters. The van der Waals surface area contributed by atoms with Crippen LogP contribution < -0.4 is 20.1 Å². The minimum Gasteiger partial charge on any atom is -0.486 e. The van der Waals surface area contributed by atoms with E-state index in [1.807, 2.05) is 0 Å². The number of rotatable bonds is 7. The lowest BCUT2D eigenvalue weighted by molar-refractivity contribution is -0.117. The number of ether oxygens (including phenoxy) is 2. The Morgan fingerprint density at radius 3 is 2.20 bits per heavy atom. The predicted molar refractivity (Wildman–Crippen MR) is 111 cm³/mol. The third-order valence-corrected chi connectivity index (χ3v) is 6.57. The molecule has 158 valence electrons. The number of carbonyl (C=O) groups excluding carboxylic acids is 2. The van der Waals surface area contributed by atoms with Crippen molar-refractivity contribution in [2.24, 2.45) is 5.92 Å². The quantitative estimate of drug-likeness (QED) is 0.699. The molecule has 0 radical (unpaired) electrons. The summed E-state index contributed by atoms with van der Waals surface area (Å²) in [7, 11) is -3.65. The van der Waals surface area contributed by atoms with Crippen molar-refractivity contribution >= 4 is 33.0 Å². The normalized spacial score (nSPS) is 15.3. The zero-order chi connectivity index (χ0) is 21.1. The first-order valence-corrected chi connectivity index (χ1v) is 11.4. The summed E-state index contributed by atoms with van der Waals surface area (Å²) < 4.78 is 35.9. The van der Waals surface area contributed by atoms with Crippen molar-refractivity contribution in [2.45, 2.75) is 24.2 Å². The van der Waals surface area contributed by atoms with Crippen LogP contribution in [0, 0.1) is 5.92 Å². The molecule has 0 spiro atoms. The van der Waals surface area contributed by atoms with Gasteiger partial charge in [-0.05, 0) is 49.2 Å². The minimum atomic E-state index is -3.65. The lowest BCUT2D eigenvalue weighted by atomic mass is 10.2. The second-order valence-electron chi connectivity index (χ2n) is 7.26. The summed E-state index contributed by atoms with van der Waals surface area (Å²) in [6, 6.07) is 11.2. The van der Waals surface area contributed by atoms with E-state index >= 15 is 0 Å². The monoisotopic (exact) mass is 430 g/mol. The van der Waals surface area contributed by atoms with E-state index in [9.17, 15) is 18.0 Å². The van der Waals surface area contributed by atoms with Gasteiger partial charge < -0.3 is 20.1 Å². The molecular formula is C21H22N2O6S. The van der Waals surface area contributed by atoms with Crippen LogP contribution in [-0.2, 0) is 19.4 Å².